The molecule has 1 heterocycles. The minimum absolute atomic E-state index is 0.0283. The Hall–Kier alpha value is -4.28. The number of likely N-dealkylation sites (N-methyl/N-ethyl adjacent to an activating group) is 1. The molecule has 1 unspecified atom stereocenters. The minimum Gasteiger partial charge on any atom is -0.475 e. The highest BCUT2D eigenvalue weighted by Crippen LogP contribution is 2.25. The number of sulfone groups is 1. The average molecular weight is 658 g/mol. The van der Waals surface area contributed by atoms with Crippen molar-refractivity contribution in [3.63, 3.8) is 0 Å². The number of esters is 1. The first-order chi connectivity index (χ1) is 20.8. The zero-order valence-corrected chi connectivity index (χ0v) is 25.7. The number of ether oxygens (including phenoxy) is 1. The third-order valence-electron chi connectivity index (χ3n) is 6.84. The number of aromatic nitrogens is 1. The second-order valence-electron chi connectivity index (χ2n) is 10.5. The third kappa shape index (κ3) is 10.1. The molecular formula is C29H34F3N3O9S. The fourth-order valence-electron chi connectivity index (χ4n) is 4.01. The van der Waals surface area contributed by atoms with E-state index in [-0.39, 0.29) is 31.0 Å². The van der Waals surface area contributed by atoms with Crippen LogP contribution in [0.5, 0.6) is 0 Å². The van der Waals surface area contributed by atoms with Crippen molar-refractivity contribution < 1.29 is 51.0 Å². The number of hydroxylamine groups is 1. The van der Waals surface area contributed by atoms with Crippen molar-refractivity contribution in [2.75, 3.05) is 33.5 Å². The van der Waals surface area contributed by atoms with E-state index >= 15 is 0 Å². The number of carbonyl (C=O) groups is 3. The summed E-state index contributed by atoms with van der Waals surface area (Å²) >= 11 is 0. The number of carbonyl (C=O) groups excluding carboxylic acids is 2. The van der Waals surface area contributed by atoms with E-state index in [0.717, 1.165) is 28.3 Å². The number of rotatable bonds is 11. The summed E-state index contributed by atoms with van der Waals surface area (Å²) in [7, 11) is -0.253. The first-order valence-corrected chi connectivity index (χ1v) is 15.2. The number of aliphatic carboxylic acids is 1. The number of alkyl halides is 3. The number of hydrogen-bond donors (Lipinski definition) is 3. The zero-order valence-electron chi connectivity index (χ0n) is 24.9. The van der Waals surface area contributed by atoms with Gasteiger partial charge in [0.2, 0.25) is 0 Å². The largest absolute Gasteiger partial charge is 0.490 e. The van der Waals surface area contributed by atoms with Gasteiger partial charge in [0.25, 0.3) is 11.5 Å². The quantitative estimate of drug-likeness (QED) is 0.158. The average Bonchev–Trinajstić information content (AvgIpc) is 2.95. The second-order valence-corrected chi connectivity index (χ2v) is 13.0. The van der Waals surface area contributed by atoms with Gasteiger partial charge < -0.3 is 14.4 Å². The summed E-state index contributed by atoms with van der Waals surface area (Å²) in [6.07, 6.45) is -2.19. The molecule has 0 aliphatic heterocycles. The molecule has 0 radical (unpaired) electrons. The van der Waals surface area contributed by atoms with Gasteiger partial charge in [-0.3, -0.25) is 24.5 Å². The lowest BCUT2D eigenvalue weighted by molar-refractivity contribution is -0.192. The van der Waals surface area contributed by atoms with E-state index in [1.807, 2.05) is 36.4 Å². The molecule has 3 N–H and O–H groups in total. The number of hydrogen-bond acceptors (Lipinski definition) is 9. The van der Waals surface area contributed by atoms with E-state index in [9.17, 15) is 36.0 Å². The summed E-state index contributed by atoms with van der Waals surface area (Å²) in [5, 5.41) is 17.3. The maximum absolute atomic E-state index is 13.1. The molecule has 12 nitrogen and oxygen atoms in total. The molecule has 0 fully saturated rings. The molecule has 45 heavy (non-hydrogen) atoms. The van der Waals surface area contributed by atoms with Crippen molar-refractivity contribution in [3.8, 4) is 11.1 Å². The van der Waals surface area contributed by atoms with Gasteiger partial charge in [-0.25, -0.2) is 18.7 Å². The van der Waals surface area contributed by atoms with E-state index < -0.39 is 32.6 Å². The lowest BCUT2D eigenvalue weighted by atomic mass is 10.0. The number of amides is 1. The predicted octanol–water partition coefficient (Wildman–Crippen LogP) is 2.65. The van der Waals surface area contributed by atoms with Crippen molar-refractivity contribution in [1.29, 1.82) is 0 Å². The molecule has 0 spiro atoms. The van der Waals surface area contributed by atoms with Crippen molar-refractivity contribution in [3.05, 3.63) is 70.6 Å². The number of fused-ring (bicyclic) bond motifs is 1. The maximum Gasteiger partial charge on any atom is 0.490 e. The first-order valence-electron chi connectivity index (χ1n) is 13.3. The van der Waals surface area contributed by atoms with E-state index in [1.165, 1.54) is 17.0 Å². The molecule has 3 rings (SSSR count). The van der Waals surface area contributed by atoms with Crippen LogP contribution in [-0.2, 0) is 41.9 Å². The summed E-state index contributed by atoms with van der Waals surface area (Å²) in [6, 6.07) is 15.1. The predicted molar refractivity (Wildman–Crippen MR) is 158 cm³/mol. The first kappa shape index (κ1) is 36.9. The van der Waals surface area contributed by atoms with E-state index in [0.29, 0.717) is 18.4 Å². The summed E-state index contributed by atoms with van der Waals surface area (Å²) in [5.74, 6) is -4.07. The number of aryl methyl sites for hydroxylation is 1. The van der Waals surface area contributed by atoms with Gasteiger partial charge >= 0.3 is 18.1 Å². The topological polar surface area (TPSA) is 172 Å². The fraction of sp³-hybridized carbons (Fsp3) is 0.379. The molecule has 0 bridgehead atoms. The number of nitrogens with zero attached hydrogens (tertiary/aromatic N) is 2. The monoisotopic (exact) mass is 657 g/mol. The molecule has 0 aliphatic rings. The van der Waals surface area contributed by atoms with Crippen LogP contribution in [-0.4, -0.2) is 90.5 Å². The van der Waals surface area contributed by atoms with Crippen LogP contribution in [0.1, 0.15) is 18.9 Å². The van der Waals surface area contributed by atoms with Crippen LogP contribution >= 0.6 is 0 Å². The Bertz CT molecular complexity index is 1690. The molecule has 0 saturated carbocycles. The van der Waals surface area contributed by atoms with Gasteiger partial charge in [0.1, 0.15) is 0 Å². The maximum atomic E-state index is 13.1. The molecular weight excluding hydrogens is 623 g/mol. The highest BCUT2D eigenvalue weighted by atomic mass is 32.2. The van der Waals surface area contributed by atoms with Crippen LogP contribution in [0, 0.1) is 0 Å². The molecule has 3 aromatic rings. The number of benzene rings is 2. The van der Waals surface area contributed by atoms with Gasteiger partial charge in [0, 0.05) is 30.8 Å². The van der Waals surface area contributed by atoms with Crippen molar-refractivity contribution in [2.24, 2.45) is 0 Å². The van der Waals surface area contributed by atoms with Crippen LogP contribution in [0.3, 0.4) is 0 Å². The van der Waals surface area contributed by atoms with Crippen LogP contribution in [0.15, 0.2) is 59.5 Å². The molecule has 246 valence electrons. The Balaban J connectivity index is 0.000000900. The Morgan fingerprint density at radius 3 is 2.11 bits per heavy atom. The fourth-order valence-corrected chi connectivity index (χ4v) is 4.86. The lowest BCUT2D eigenvalue weighted by Crippen LogP contribution is -2.49. The Morgan fingerprint density at radius 2 is 1.60 bits per heavy atom. The summed E-state index contributed by atoms with van der Waals surface area (Å²) in [5.41, 5.74) is 4.01. The van der Waals surface area contributed by atoms with Gasteiger partial charge in [-0.1, -0.05) is 30.3 Å². The number of carboxylic acids is 1. The normalized spacial score (nSPS) is 13.0. The van der Waals surface area contributed by atoms with Crippen LogP contribution < -0.4 is 11.0 Å². The van der Waals surface area contributed by atoms with Gasteiger partial charge in [-0.15, -0.1) is 0 Å². The van der Waals surface area contributed by atoms with Gasteiger partial charge in [0.05, 0.1) is 13.2 Å². The number of halogens is 3. The molecule has 1 atom stereocenters. The molecule has 2 aromatic carbocycles. The van der Waals surface area contributed by atoms with E-state index in [1.54, 1.807) is 37.3 Å². The van der Waals surface area contributed by atoms with Gasteiger partial charge in [-0.2, -0.15) is 13.2 Å². The smallest absolute Gasteiger partial charge is 0.475 e. The van der Waals surface area contributed by atoms with Crippen molar-refractivity contribution in [2.45, 2.75) is 37.2 Å². The molecule has 1 aromatic heterocycles. The Kier molecular flexibility index (Phi) is 12.4. The van der Waals surface area contributed by atoms with Crippen molar-refractivity contribution >= 4 is 38.5 Å². The number of nitrogens with one attached hydrogen (secondary N) is 1. The van der Waals surface area contributed by atoms with Gasteiger partial charge in [0.15, 0.2) is 14.6 Å². The third-order valence-corrected chi connectivity index (χ3v) is 8.86. The molecule has 0 saturated heterocycles. The summed E-state index contributed by atoms with van der Waals surface area (Å²) < 4.78 is 60.8. The van der Waals surface area contributed by atoms with Crippen LogP contribution in [0.2, 0.25) is 0 Å². The van der Waals surface area contributed by atoms with Gasteiger partial charge in [-0.05, 0) is 67.7 Å². The van der Waals surface area contributed by atoms with Crippen LogP contribution in [0.25, 0.3) is 21.9 Å². The molecule has 0 aliphatic carbocycles. The second kappa shape index (κ2) is 15.1. The zero-order chi connectivity index (χ0) is 34.2. The van der Waals surface area contributed by atoms with Crippen molar-refractivity contribution in [1.82, 2.24) is 14.9 Å². The number of pyridine rings is 1. The van der Waals surface area contributed by atoms with E-state index in [4.69, 9.17) is 19.8 Å². The summed E-state index contributed by atoms with van der Waals surface area (Å²) in [6.45, 7) is 1.74. The highest BCUT2D eigenvalue weighted by Gasteiger charge is 2.43. The molecule has 16 heteroatoms. The molecule has 1 amide bonds. The standard InChI is InChI=1S/C27H33N3O7S.C2HF3O2/c1-27(26(33)28-34,38(4,35)36)13-15-30-14-11-22-17-21(9-10-23(22)25(30)32)20-7-5-19(6-8-20)12-16-37-24(31)18-29(2)3;3-2(4,5)1(6)7/h5-11,14,17,34H,12-13,15-16,18H2,1-4H3,(H,28,33);(H,6,7). The van der Waals surface area contributed by atoms with E-state index in [2.05, 4.69) is 0 Å². The Labute approximate surface area is 256 Å². The van der Waals surface area contributed by atoms with Crippen LogP contribution in [0.4, 0.5) is 13.2 Å². The summed E-state index contributed by atoms with van der Waals surface area (Å²) in [4.78, 5) is 47.4. The highest BCUT2D eigenvalue weighted by molar-refractivity contribution is 7.92. The minimum atomic E-state index is -5.08. The lowest BCUT2D eigenvalue weighted by Gasteiger charge is -2.25. The SMILES string of the molecule is CN(C)CC(=O)OCCc1ccc(-c2ccc3c(=O)n(CCC(C)(C(=O)NO)S(C)(=O)=O)ccc3c2)cc1.O=C(O)C(F)(F)F. The number of carboxylic acid groups (broad SMARTS) is 1. The Morgan fingerprint density at radius 1 is 1.02 bits per heavy atom.